The minimum absolute atomic E-state index is 0.0408. The molecule has 0 rings (SSSR count). The summed E-state index contributed by atoms with van der Waals surface area (Å²) in [6.45, 7) is 3.14. The van der Waals surface area contributed by atoms with Crippen LogP contribution < -0.4 is 0 Å². The molecule has 0 atom stereocenters. The van der Waals surface area contributed by atoms with E-state index in [-0.39, 0.29) is 12.8 Å². The van der Waals surface area contributed by atoms with E-state index in [0.717, 1.165) is 0 Å². The van der Waals surface area contributed by atoms with Crippen LogP contribution in [0.4, 0.5) is 83.4 Å². The average Bonchev–Trinajstić information content (AvgIpc) is 2.61. The number of unbranched alkanes of at least 4 members (excludes halogenated alkanes) is 3. The van der Waals surface area contributed by atoms with Crippen molar-refractivity contribution in [3.63, 3.8) is 0 Å². The molecule has 0 amide bonds. The lowest BCUT2D eigenvalue weighted by atomic mass is 9.83. The molecule has 0 aliphatic carbocycles. The van der Waals surface area contributed by atoms with E-state index < -0.39 is 72.8 Å². The van der Waals surface area contributed by atoms with Crippen LogP contribution in [-0.2, 0) is 0 Å². The van der Waals surface area contributed by atoms with Crippen molar-refractivity contribution in [2.75, 3.05) is 0 Å². The average molecular weight is 553 g/mol. The Balaban J connectivity index is 6.76. The van der Waals surface area contributed by atoms with Crippen molar-refractivity contribution in [3.05, 3.63) is 6.92 Å². The molecule has 19 heteroatoms. The molecule has 0 heterocycles. The molecule has 0 N–H and O–H groups in total. The maximum Gasteiger partial charge on any atom is 0.438 e. The summed E-state index contributed by atoms with van der Waals surface area (Å²) in [7, 11) is 0. The Kier molecular flexibility index (Phi) is 8.61. The van der Waals surface area contributed by atoms with Crippen LogP contribution in [0.5, 0.6) is 0 Å². The maximum absolute atomic E-state index is 13.6. The van der Waals surface area contributed by atoms with Crippen molar-refractivity contribution in [2.24, 2.45) is 0 Å². The number of hydrogen-bond donors (Lipinski definition) is 0. The summed E-state index contributed by atoms with van der Waals surface area (Å²) >= 11 is 0. The van der Waals surface area contributed by atoms with Crippen LogP contribution in [0.15, 0.2) is 0 Å². The maximum atomic E-state index is 13.6. The lowest BCUT2D eigenvalue weighted by molar-refractivity contribution is -0.472. The van der Waals surface area contributed by atoms with Gasteiger partial charge in [0.05, 0.1) is 0 Å². The zero-order chi connectivity index (χ0) is 28.0. The van der Waals surface area contributed by atoms with E-state index in [0.29, 0.717) is 0 Å². The third-order valence-electron chi connectivity index (χ3n) is 4.49. The molecule has 0 fully saturated rings. The highest BCUT2D eigenvalue weighted by atomic mass is 19.4. The first-order chi connectivity index (χ1) is 14.6. The van der Waals surface area contributed by atoms with Gasteiger partial charge in [0.1, 0.15) is 0 Å². The molecule has 0 saturated carbocycles. The van der Waals surface area contributed by atoms with Crippen LogP contribution in [0, 0.1) is 6.92 Å². The largest absolute Gasteiger partial charge is 0.438 e. The molecular formula is C15H12F19. The van der Waals surface area contributed by atoms with Gasteiger partial charge in [0.2, 0.25) is 0 Å². The molecule has 34 heavy (non-hydrogen) atoms. The fourth-order valence-electron chi connectivity index (χ4n) is 2.41. The van der Waals surface area contributed by atoms with Crippen molar-refractivity contribution in [1.29, 1.82) is 0 Å². The standard InChI is InChI=1S/C15H12F19/c1-2-3-4-5-6-7(16,17)9(19,20)11(23,24)13(27,28)12(25,26)10(21,22)8(18,14(29,30)31)15(32,33)34/h1-6H2. The molecule has 0 spiro atoms. The summed E-state index contributed by atoms with van der Waals surface area (Å²) in [6, 6.07) is 0. The molecule has 0 aliphatic heterocycles. The minimum atomic E-state index is -8.97. The Hall–Kier alpha value is -1.33. The Labute approximate surface area is 177 Å². The predicted molar refractivity (Wildman–Crippen MR) is 74.1 cm³/mol. The van der Waals surface area contributed by atoms with E-state index in [4.69, 9.17) is 0 Å². The van der Waals surface area contributed by atoms with Crippen LogP contribution in [-0.4, -0.2) is 53.6 Å². The van der Waals surface area contributed by atoms with Crippen molar-refractivity contribution in [2.45, 2.75) is 85.7 Å². The Bertz CT molecular complexity index is 669. The van der Waals surface area contributed by atoms with Gasteiger partial charge in [0.25, 0.3) is 0 Å². The number of alkyl halides is 19. The van der Waals surface area contributed by atoms with Crippen molar-refractivity contribution in [1.82, 2.24) is 0 Å². The van der Waals surface area contributed by atoms with Crippen molar-refractivity contribution < 1.29 is 83.4 Å². The number of hydrogen-bond acceptors (Lipinski definition) is 0. The number of rotatable bonds is 11. The van der Waals surface area contributed by atoms with Gasteiger partial charge in [0, 0.05) is 6.42 Å². The van der Waals surface area contributed by atoms with Crippen LogP contribution in [0.2, 0.25) is 0 Å². The summed E-state index contributed by atoms with van der Waals surface area (Å²) in [4.78, 5) is 0. The summed E-state index contributed by atoms with van der Waals surface area (Å²) in [5, 5.41) is 0. The third-order valence-corrected chi connectivity index (χ3v) is 4.49. The van der Waals surface area contributed by atoms with E-state index in [1.54, 1.807) is 0 Å². The quantitative estimate of drug-likeness (QED) is 0.178. The van der Waals surface area contributed by atoms with E-state index in [1.807, 2.05) is 0 Å². The fraction of sp³-hybridized carbons (Fsp3) is 0.933. The van der Waals surface area contributed by atoms with Gasteiger partial charge in [-0.1, -0.05) is 26.2 Å². The topological polar surface area (TPSA) is 0 Å². The van der Waals surface area contributed by atoms with Gasteiger partial charge in [-0.15, -0.1) is 0 Å². The van der Waals surface area contributed by atoms with Gasteiger partial charge in [0.15, 0.2) is 0 Å². The lowest BCUT2D eigenvalue weighted by Crippen LogP contribution is -2.77. The Morgan fingerprint density at radius 1 is 0.382 bits per heavy atom. The summed E-state index contributed by atoms with van der Waals surface area (Å²) < 4.78 is 250. The molecule has 1 radical (unpaired) electrons. The van der Waals surface area contributed by atoms with Crippen LogP contribution >= 0.6 is 0 Å². The minimum Gasteiger partial charge on any atom is -0.216 e. The first-order valence-electron chi connectivity index (χ1n) is 8.44. The summed E-state index contributed by atoms with van der Waals surface area (Å²) in [5.41, 5.74) is -8.71. The zero-order valence-electron chi connectivity index (χ0n) is 15.9. The lowest BCUT2D eigenvalue weighted by Gasteiger charge is -2.45. The third kappa shape index (κ3) is 4.48. The molecule has 205 valence electrons. The van der Waals surface area contributed by atoms with Gasteiger partial charge in [-0.2, -0.15) is 79.0 Å². The first-order valence-corrected chi connectivity index (χ1v) is 8.44. The van der Waals surface area contributed by atoms with E-state index in [9.17, 15) is 83.4 Å². The second-order valence-corrected chi connectivity index (χ2v) is 6.89. The Morgan fingerprint density at radius 3 is 1.03 bits per heavy atom. The molecule has 0 aromatic carbocycles. The highest BCUT2D eigenvalue weighted by molar-refractivity contribution is 5.19. The van der Waals surface area contributed by atoms with E-state index >= 15 is 0 Å². The molecule has 0 aromatic heterocycles. The molecule has 0 nitrogen and oxygen atoms in total. The van der Waals surface area contributed by atoms with Crippen LogP contribution in [0.25, 0.3) is 0 Å². The Morgan fingerprint density at radius 2 is 0.706 bits per heavy atom. The van der Waals surface area contributed by atoms with Crippen LogP contribution in [0.1, 0.15) is 32.1 Å². The van der Waals surface area contributed by atoms with Crippen LogP contribution in [0.3, 0.4) is 0 Å². The smallest absolute Gasteiger partial charge is 0.216 e. The van der Waals surface area contributed by atoms with Gasteiger partial charge >= 0.3 is 53.6 Å². The molecular weight excluding hydrogens is 541 g/mol. The molecule has 0 aromatic rings. The fourth-order valence-corrected chi connectivity index (χ4v) is 2.41. The molecule has 0 unspecified atom stereocenters. The summed E-state index contributed by atoms with van der Waals surface area (Å²) in [5.74, 6) is -49.3. The predicted octanol–water partition coefficient (Wildman–Crippen LogP) is 8.42. The molecule has 0 aliphatic rings. The van der Waals surface area contributed by atoms with E-state index in [1.165, 1.54) is 0 Å². The highest BCUT2D eigenvalue weighted by Crippen LogP contribution is 2.66. The normalized spacial score (nSPS) is 16.2. The molecule has 0 bridgehead atoms. The van der Waals surface area contributed by atoms with Gasteiger partial charge in [-0.3, -0.25) is 0 Å². The first kappa shape index (κ1) is 32.7. The van der Waals surface area contributed by atoms with Gasteiger partial charge in [-0.25, -0.2) is 4.39 Å². The highest BCUT2D eigenvalue weighted by Gasteiger charge is 2.98. The van der Waals surface area contributed by atoms with Crippen molar-refractivity contribution in [3.8, 4) is 0 Å². The molecule has 0 saturated heterocycles. The van der Waals surface area contributed by atoms with Gasteiger partial charge in [-0.05, 0) is 6.42 Å². The van der Waals surface area contributed by atoms with Gasteiger partial charge < -0.3 is 0 Å². The summed E-state index contributed by atoms with van der Waals surface area (Å²) in [6.07, 6.45) is -20.9. The SMILES string of the molecule is [CH2]CCCCCC(F)(F)C(F)(F)C(F)(F)C(F)(F)C(F)(F)C(F)(F)C(F)(C(F)(F)F)C(F)(F)F. The van der Waals surface area contributed by atoms with E-state index in [2.05, 4.69) is 6.92 Å². The monoisotopic (exact) mass is 553 g/mol. The second kappa shape index (κ2) is 8.96. The second-order valence-electron chi connectivity index (χ2n) is 6.89. The van der Waals surface area contributed by atoms with Crippen molar-refractivity contribution >= 4 is 0 Å². The zero-order valence-corrected chi connectivity index (χ0v) is 15.9. The number of halogens is 19.